The van der Waals surface area contributed by atoms with Gasteiger partial charge < -0.3 is 15.2 Å². The van der Waals surface area contributed by atoms with Crippen molar-refractivity contribution in [2.24, 2.45) is 11.8 Å². The molecule has 2 atom stereocenters. The van der Waals surface area contributed by atoms with Gasteiger partial charge in [-0.3, -0.25) is 9.59 Å². The molecule has 7 heteroatoms. The first-order valence-electron chi connectivity index (χ1n) is 7.04. The molecule has 0 radical (unpaired) electrons. The summed E-state index contributed by atoms with van der Waals surface area (Å²) >= 11 is 6.04. The van der Waals surface area contributed by atoms with Crippen molar-refractivity contribution in [1.82, 2.24) is 10.3 Å². The number of nitrogens with one attached hydrogen (secondary N) is 1. The van der Waals surface area contributed by atoms with E-state index in [9.17, 15) is 9.59 Å². The van der Waals surface area contributed by atoms with E-state index in [1.807, 2.05) is 13.8 Å². The smallest absolute Gasteiger partial charge is 0.308 e. The van der Waals surface area contributed by atoms with Gasteiger partial charge in [0, 0.05) is 12.2 Å². The third kappa shape index (κ3) is 5.18. The molecule has 0 aliphatic carbocycles. The number of carboxylic acids is 1. The molecule has 1 aromatic rings. The van der Waals surface area contributed by atoms with Gasteiger partial charge >= 0.3 is 5.97 Å². The van der Waals surface area contributed by atoms with Crippen molar-refractivity contribution in [3.05, 3.63) is 22.8 Å². The quantitative estimate of drug-likeness (QED) is 0.803. The molecule has 0 saturated heterocycles. The SMILES string of the molecule is CC(C)COc1ncc(C(=O)NC(C)C(C)C(=O)O)cc1Cl. The van der Waals surface area contributed by atoms with Crippen LogP contribution in [0.1, 0.15) is 38.1 Å². The maximum absolute atomic E-state index is 12.1. The van der Waals surface area contributed by atoms with Crippen molar-refractivity contribution in [2.75, 3.05) is 6.61 Å². The Morgan fingerprint density at radius 3 is 2.50 bits per heavy atom. The number of carbonyl (C=O) groups is 2. The summed E-state index contributed by atoms with van der Waals surface area (Å²) in [5.74, 6) is -1.48. The summed E-state index contributed by atoms with van der Waals surface area (Å²) < 4.78 is 5.43. The van der Waals surface area contributed by atoms with Gasteiger partial charge in [0.25, 0.3) is 5.91 Å². The summed E-state index contributed by atoms with van der Waals surface area (Å²) in [4.78, 5) is 27.0. The van der Waals surface area contributed by atoms with Crippen LogP contribution < -0.4 is 10.1 Å². The monoisotopic (exact) mass is 328 g/mol. The summed E-state index contributed by atoms with van der Waals surface area (Å²) in [6, 6.07) is 0.943. The van der Waals surface area contributed by atoms with Crippen molar-refractivity contribution in [3.8, 4) is 5.88 Å². The van der Waals surface area contributed by atoms with Gasteiger partial charge in [-0.05, 0) is 25.8 Å². The number of aliphatic carboxylic acids is 1. The third-order valence-electron chi connectivity index (χ3n) is 3.12. The Balaban J connectivity index is 2.75. The average molecular weight is 329 g/mol. The van der Waals surface area contributed by atoms with Crippen LogP contribution in [0.5, 0.6) is 5.88 Å². The molecule has 0 saturated carbocycles. The summed E-state index contributed by atoms with van der Waals surface area (Å²) in [6.45, 7) is 7.64. The first-order valence-corrected chi connectivity index (χ1v) is 7.42. The number of rotatable bonds is 7. The molecule has 2 unspecified atom stereocenters. The number of nitrogens with zero attached hydrogens (tertiary/aromatic N) is 1. The van der Waals surface area contributed by atoms with E-state index < -0.39 is 23.8 Å². The predicted octanol–water partition coefficient (Wildman–Crippen LogP) is 2.61. The van der Waals surface area contributed by atoms with Crippen molar-refractivity contribution in [1.29, 1.82) is 0 Å². The Morgan fingerprint density at radius 2 is 2.00 bits per heavy atom. The second-order valence-electron chi connectivity index (χ2n) is 5.60. The Hall–Kier alpha value is -1.82. The minimum atomic E-state index is -0.971. The number of carbonyl (C=O) groups excluding carboxylic acids is 1. The highest BCUT2D eigenvalue weighted by Gasteiger charge is 2.22. The predicted molar refractivity (Wildman–Crippen MR) is 83.3 cm³/mol. The molecule has 1 amide bonds. The number of halogens is 1. The molecule has 6 nitrogen and oxygen atoms in total. The van der Waals surface area contributed by atoms with Crippen LogP contribution >= 0.6 is 11.6 Å². The van der Waals surface area contributed by atoms with Crippen LogP contribution in [0.25, 0.3) is 0 Å². The molecule has 1 heterocycles. The number of carboxylic acid groups (broad SMARTS) is 1. The molecular weight excluding hydrogens is 308 g/mol. The molecule has 0 aromatic carbocycles. The minimum absolute atomic E-state index is 0.243. The zero-order chi connectivity index (χ0) is 16.9. The largest absolute Gasteiger partial charge is 0.481 e. The van der Waals surface area contributed by atoms with Gasteiger partial charge in [0.1, 0.15) is 5.02 Å². The van der Waals surface area contributed by atoms with E-state index in [0.29, 0.717) is 12.5 Å². The van der Waals surface area contributed by atoms with E-state index >= 15 is 0 Å². The van der Waals surface area contributed by atoms with E-state index in [1.54, 1.807) is 6.92 Å². The molecule has 0 fully saturated rings. The van der Waals surface area contributed by atoms with E-state index in [1.165, 1.54) is 19.2 Å². The zero-order valence-corrected chi connectivity index (χ0v) is 13.8. The standard InChI is InChI=1S/C15H21ClN2O4/c1-8(2)7-22-14-12(16)5-11(6-17-14)13(19)18-10(4)9(3)15(20)21/h5-6,8-10H,7H2,1-4H3,(H,18,19)(H,20,21). The van der Waals surface area contributed by atoms with Crippen LogP contribution in [-0.4, -0.2) is 34.6 Å². The third-order valence-corrected chi connectivity index (χ3v) is 3.39. The summed E-state index contributed by atoms with van der Waals surface area (Å²) in [5.41, 5.74) is 0.256. The summed E-state index contributed by atoms with van der Waals surface area (Å²) in [7, 11) is 0. The van der Waals surface area contributed by atoms with Gasteiger partial charge in [-0.15, -0.1) is 0 Å². The second-order valence-corrected chi connectivity index (χ2v) is 6.01. The molecular formula is C15H21ClN2O4. The van der Waals surface area contributed by atoms with E-state index in [2.05, 4.69) is 10.3 Å². The topological polar surface area (TPSA) is 88.5 Å². The van der Waals surface area contributed by atoms with Crippen LogP contribution in [0.3, 0.4) is 0 Å². The Morgan fingerprint density at radius 1 is 1.36 bits per heavy atom. The fourth-order valence-corrected chi connectivity index (χ4v) is 1.75. The number of amides is 1. The maximum Gasteiger partial charge on any atom is 0.308 e. The van der Waals surface area contributed by atoms with Gasteiger partial charge in [-0.1, -0.05) is 25.4 Å². The number of hydrogen-bond donors (Lipinski definition) is 2. The summed E-state index contributed by atoms with van der Waals surface area (Å²) in [6.07, 6.45) is 1.36. The van der Waals surface area contributed by atoms with Gasteiger partial charge in [0.05, 0.1) is 18.1 Å². The first-order chi connectivity index (χ1) is 10.2. The molecule has 1 rings (SSSR count). The number of aromatic nitrogens is 1. The van der Waals surface area contributed by atoms with Gasteiger partial charge in [-0.2, -0.15) is 0 Å². The van der Waals surface area contributed by atoms with Crippen LogP contribution in [0.2, 0.25) is 5.02 Å². The van der Waals surface area contributed by atoms with Gasteiger partial charge in [0.15, 0.2) is 0 Å². The average Bonchev–Trinajstić information content (AvgIpc) is 2.44. The Bertz CT molecular complexity index is 548. The molecule has 122 valence electrons. The van der Waals surface area contributed by atoms with Crippen molar-refractivity contribution < 1.29 is 19.4 Å². The molecule has 2 N–H and O–H groups in total. The molecule has 0 aliphatic heterocycles. The maximum atomic E-state index is 12.1. The molecule has 22 heavy (non-hydrogen) atoms. The number of pyridine rings is 1. The van der Waals surface area contributed by atoms with Crippen LogP contribution in [0.15, 0.2) is 12.3 Å². The lowest BCUT2D eigenvalue weighted by atomic mass is 10.0. The highest BCUT2D eigenvalue weighted by Crippen LogP contribution is 2.23. The van der Waals surface area contributed by atoms with Gasteiger partial charge in [0.2, 0.25) is 5.88 Å². The van der Waals surface area contributed by atoms with Crippen molar-refractivity contribution >= 4 is 23.5 Å². The summed E-state index contributed by atoms with van der Waals surface area (Å²) in [5, 5.41) is 11.8. The van der Waals surface area contributed by atoms with E-state index in [0.717, 1.165) is 0 Å². The lowest BCUT2D eigenvalue weighted by Gasteiger charge is -2.18. The Labute approximate surface area is 134 Å². The molecule has 0 bridgehead atoms. The lowest BCUT2D eigenvalue weighted by Crippen LogP contribution is -2.40. The number of ether oxygens (including phenoxy) is 1. The Kier molecular flexibility index (Phi) is 6.61. The van der Waals surface area contributed by atoms with Crippen molar-refractivity contribution in [2.45, 2.75) is 33.7 Å². The van der Waals surface area contributed by atoms with E-state index in [4.69, 9.17) is 21.4 Å². The van der Waals surface area contributed by atoms with Gasteiger partial charge in [-0.25, -0.2) is 4.98 Å². The fraction of sp³-hybridized carbons (Fsp3) is 0.533. The first kappa shape index (κ1) is 18.2. The lowest BCUT2D eigenvalue weighted by molar-refractivity contribution is -0.141. The fourth-order valence-electron chi connectivity index (χ4n) is 1.53. The highest BCUT2D eigenvalue weighted by atomic mass is 35.5. The van der Waals surface area contributed by atoms with Crippen LogP contribution in [0.4, 0.5) is 0 Å². The van der Waals surface area contributed by atoms with Crippen molar-refractivity contribution in [3.63, 3.8) is 0 Å². The minimum Gasteiger partial charge on any atom is -0.481 e. The zero-order valence-electron chi connectivity index (χ0n) is 13.1. The second kappa shape index (κ2) is 7.98. The van der Waals surface area contributed by atoms with Crippen LogP contribution in [0, 0.1) is 11.8 Å². The normalized spacial score (nSPS) is 13.5. The van der Waals surface area contributed by atoms with Crippen LogP contribution in [-0.2, 0) is 4.79 Å². The highest BCUT2D eigenvalue weighted by molar-refractivity contribution is 6.32. The molecule has 0 aliphatic rings. The van der Waals surface area contributed by atoms with E-state index in [-0.39, 0.29) is 16.5 Å². The number of hydrogen-bond acceptors (Lipinski definition) is 4. The molecule has 0 spiro atoms. The molecule has 1 aromatic heterocycles.